The fraction of sp³-hybridized carbons (Fsp3) is 0.154. The van der Waals surface area contributed by atoms with E-state index in [-0.39, 0.29) is 0 Å². The van der Waals surface area contributed by atoms with Crippen LogP contribution in [-0.2, 0) is 11.9 Å². The van der Waals surface area contributed by atoms with Gasteiger partial charge in [0.1, 0.15) is 12.4 Å². The molecule has 0 N–H and O–H groups in total. The molecule has 0 fully saturated rings. The molecule has 0 unspecified atom stereocenters. The van der Waals surface area contributed by atoms with Crippen molar-refractivity contribution in [1.82, 2.24) is 4.98 Å². The van der Waals surface area contributed by atoms with Gasteiger partial charge < -0.3 is 4.74 Å². The molecule has 0 aliphatic heterocycles. The minimum Gasteiger partial charge on any atom is -0.489 e. The zero-order valence-electron chi connectivity index (χ0n) is 8.77. The monoisotopic (exact) mass is 277 g/mol. The highest BCUT2D eigenvalue weighted by molar-refractivity contribution is 9.08. The Bertz CT molecular complexity index is 445. The number of hydrogen-bond donors (Lipinski definition) is 0. The lowest BCUT2D eigenvalue weighted by Crippen LogP contribution is -1.97. The van der Waals surface area contributed by atoms with E-state index in [1.165, 1.54) is 0 Å². The van der Waals surface area contributed by atoms with Crippen LogP contribution in [-0.4, -0.2) is 4.98 Å². The van der Waals surface area contributed by atoms with Gasteiger partial charge in [-0.2, -0.15) is 0 Å². The van der Waals surface area contributed by atoms with Gasteiger partial charge in [-0.3, -0.25) is 4.98 Å². The molecule has 3 heteroatoms. The van der Waals surface area contributed by atoms with Crippen LogP contribution in [0.15, 0.2) is 48.8 Å². The molecule has 0 aliphatic rings. The fourth-order valence-corrected chi connectivity index (χ4v) is 1.86. The zero-order chi connectivity index (χ0) is 11.2. The Morgan fingerprint density at radius 1 is 1.06 bits per heavy atom. The first-order valence-electron chi connectivity index (χ1n) is 5.05. The number of halogens is 1. The van der Waals surface area contributed by atoms with E-state index in [0.29, 0.717) is 6.61 Å². The van der Waals surface area contributed by atoms with Crippen molar-refractivity contribution in [3.8, 4) is 5.75 Å². The van der Waals surface area contributed by atoms with Crippen molar-refractivity contribution >= 4 is 15.9 Å². The van der Waals surface area contributed by atoms with Crippen molar-refractivity contribution in [3.05, 3.63) is 59.9 Å². The van der Waals surface area contributed by atoms with E-state index < -0.39 is 0 Å². The maximum Gasteiger partial charge on any atom is 0.123 e. The highest BCUT2D eigenvalue weighted by atomic mass is 79.9. The maximum absolute atomic E-state index is 5.76. The summed E-state index contributed by atoms with van der Waals surface area (Å²) in [5.74, 6) is 0.927. The number of ether oxygens (including phenoxy) is 1. The molecule has 2 rings (SSSR count). The summed E-state index contributed by atoms with van der Waals surface area (Å²) in [6.45, 7) is 0.576. The van der Waals surface area contributed by atoms with Crippen LogP contribution in [0.2, 0.25) is 0 Å². The van der Waals surface area contributed by atoms with Gasteiger partial charge in [-0.1, -0.05) is 34.1 Å². The number of hydrogen-bond acceptors (Lipinski definition) is 2. The minimum atomic E-state index is 0.576. The Kier molecular flexibility index (Phi) is 3.94. The second kappa shape index (κ2) is 5.66. The Hall–Kier alpha value is -1.35. The standard InChI is InChI=1S/C13H12BrNO/c14-9-12-3-1-2-4-13(12)16-10-11-5-7-15-8-6-11/h1-8H,9-10H2. The molecule has 1 aromatic carbocycles. The van der Waals surface area contributed by atoms with E-state index in [9.17, 15) is 0 Å². The lowest BCUT2D eigenvalue weighted by molar-refractivity contribution is 0.304. The van der Waals surface area contributed by atoms with Gasteiger partial charge in [0.05, 0.1) is 0 Å². The van der Waals surface area contributed by atoms with Gasteiger partial charge >= 0.3 is 0 Å². The number of nitrogens with zero attached hydrogens (tertiary/aromatic N) is 1. The second-order valence-corrected chi connectivity index (χ2v) is 3.95. The normalized spacial score (nSPS) is 10.1. The first-order valence-corrected chi connectivity index (χ1v) is 6.18. The van der Waals surface area contributed by atoms with Crippen LogP contribution >= 0.6 is 15.9 Å². The summed E-state index contributed by atoms with van der Waals surface area (Å²) in [6, 6.07) is 11.9. The van der Waals surface area contributed by atoms with E-state index in [2.05, 4.69) is 27.0 Å². The van der Waals surface area contributed by atoms with Crippen LogP contribution in [0.4, 0.5) is 0 Å². The first kappa shape index (κ1) is 11.1. The summed E-state index contributed by atoms with van der Waals surface area (Å²) < 4.78 is 5.76. The van der Waals surface area contributed by atoms with Crippen molar-refractivity contribution in [2.45, 2.75) is 11.9 Å². The molecule has 0 bridgehead atoms. The third-order valence-electron chi connectivity index (χ3n) is 2.26. The lowest BCUT2D eigenvalue weighted by atomic mass is 10.2. The molecule has 1 aromatic heterocycles. The molecule has 0 atom stereocenters. The summed E-state index contributed by atoms with van der Waals surface area (Å²) in [6.07, 6.45) is 3.55. The number of benzene rings is 1. The Balaban J connectivity index is 2.05. The van der Waals surface area contributed by atoms with Crippen molar-refractivity contribution in [2.75, 3.05) is 0 Å². The smallest absolute Gasteiger partial charge is 0.123 e. The van der Waals surface area contributed by atoms with Gasteiger partial charge in [-0.05, 0) is 23.8 Å². The third kappa shape index (κ3) is 2.83. The molecule has 0 saturated heterocycles. The highest BCUT2D eigenvalue weighted by Gasteiger charge is 2.01. The van der Waals surface area contributed by atoms with Gasteiger partial charge in [0.2, 0.25) is 0 Å². The largest absolute Gasteiger partial charge is 0.489 e. The van der Waals surface area contributed by atoms with Crippen LogP contribution < -0.4 is 4.74 Å². The molecule has 2 aromatic rings. The number of alkyl halides is 1. The van der Waals surface area contributed by atoms with E-state index >= 15 is 0 Å². The van der Waals surface area contributed by atoms with Crippen molar-refractivity contribution in [2.24, 2.45) is 0 Å². The molecule has 0 saturated carbocycles. The van der Waals surface area contributed by atoms with Gasteiger partial charge in [-0.15, -0.1) is 0 Å². The van der Waals surface area contributed by atoms with Crippen LogP contribution in [0, 0.1) is 0 Å². The Morgan fingerprint density at radius 3 is 2.56 bits per heavy atom. The van der Waals surface area contributed by atoms with E-state index in [0.717, 1.165) is 22.2 Å². The van der Waals surface area contributed by atoms with Gasteiger partial charge in [0.25, 0.3) is 0 Å². The summed E-state index contributed by atoms with van der Waals surface area (Å²) in [5, 5.41) is 0.805. The predicted octanol–water partition coefficient (Wildman–Crippen LogP) is 3.56. The molecule has 0 aliphatic carbocycles. The van der Waals surface area contributed by atoms with Gasteiger partial charge in [0.15, 0.2) is 0 Å². The molecule has 82 valence electrons. The van der Waals surface area contributed by atoms with Crippen molar-refractivity contribution in [1.29, 1.82) is 0 Å². The molecule has 2 nitrogen and oxygen atoms in total. The fourth-order valence-electron chi connectivity index (χ4n) is 1.40. The van der Waals surface area contributed by atoms with Crippen molar-refractivity contribution < 1.29 is 4.74 Å². The number of pyridine rings is 1. The van der Waals surface area contributed by atoms with Crippen molar-refractivity contribution in [3.63, 3.8) is 0 Å². The highest BCUT2D eigenvalue weighted by Crippen LogP contribution is 2.21. The maximum atomic E-state index is 5.76. The average molecular weight is 278 g/mol. The average Bonchev–Trinajstić information content (AvgIpc) is 2.38. The van der Waals surface area contributed by atoms with E-state index in [4.69, 9.17) is 4.74 Å². The predicted molar refractivity (Wildman–Crippen MR) is 67.6 cm³/mol. The molecule has 1 heterocycles. The third-order valence-corrected chi connectivity index (χ3v) is 2.86. The van der Waals surface area contributed by atoms with Crippen LogP contribution in [0.25, 0.3) is 0 Å². The summed E-state index contributed by atoms with van der Waals surface area (Å²) in [4.78, 5) is 3.97. The topological polar surface area (TPSA) is 22.1 Å². The van der Waals surface area contributed by atoms with Crippen LogP contribution in [0.5, 0.6) is 5.75 Å². The molecule has 16 heavy (non-hydrogen) atoms. The summed E-state index contributed by atoms with van der Waals surface area (Å²) in [7, 11) is 0. The lowest BCUT2D eigenvalue weighted by Gasteiger charge is -2.09. The molecular formula is C13H12BrNO. The summed E-state index contributed by atoms with van der Waals surface area (Å²) in [5.41, 5.74) is 2.29. The Morgan fingerprint density at radius 2 is 1.81 bits per heavy atom. The van der Waals surface area contributed by atoms with Crippen LogP contribution in [0.1, 0.15) is 11.1 Å². The number of aromatic nitrogens is 1. The summed E-state index contributed by atoms with van der Waals surface area (Å²) >= 11 is 3.44. The molecular weight excluding hydrogens is 266 g/mol. The molecule has 0 spiro atoms. The molecule has 0 amide bonds. The molecule has 0 radical (unpaired) electrons. The number of rotatable bonds is 4. The van der Waals surface area contributed by atoms with Crippen LogP contribution in [0.3, 0.4) is 0 Å². The quantitative estimate of drug-likeness (QED) is 0.798. The zero-order valence-corrected chi connectivity index (χ0v) is 10.4. The van der Waals surface area contributed by atoms with E-state index in [1.54, 1.807) is 12.4 Å². The SMILES string of the molecule is BrCc1ccccc1OCc1ccncc1. The first-order chi connectivity index (χ1) is 7.90. The van der Waals surface area contributed by atoms with Gasteiger partial charge in [-0.25, -0.2) is 0 Å². The Labute approximate surface area is 103 Å². The minimum absolute atomic E-state index is 0.576. The second-order valence-electron chi connectivity index (χ2n) is 3.39. The van der Waals surface area contributed by atoms with E-state index in [1.807, 2.05) is 30.3 Å². The van der Waals surface area contributed by atoms with Gasteiger partial charge in [0, 0.05) is 23.3 Å². The number of para-hydroxylation sites is 1.